The quantitative estimate of drug-likeness (QED) is 0.499. The van der Waals surface area contributed by atoms with Crippen LogP contribution < -0.4 is 20.7 Å². The van der Waals surface area contributed by atoms with Gasteiger partial charge in [-0.3, -0.25) is 14.5 Å². The number of carbonyl (C=O) groups excluding carboxylic acids is 3. The van der Waals surface area contributed by atoms with Crippen LogP contribution in [0.1, 0.15) is 18.9 Å². The Morgan fingerprint density at radius 1 is 1.30 bits per heavy atom. The van der Waals surface area contributed by atoms with E-state index in [1.807, 2.05) is 6.08 Å². The monoisotopic (exact) mass is 372 g/mol. The van der Waals surface area contributed by atoms with Crippen LogP contribution in [-0.2, 0) is 15.1 Å². The minimum atomic E-state index is -1.21. The molecule has 1 fully saturated rings. The van der Waals surface area contributed by atoms with Crippen LogP contribution in [0.25, 0.3) is 0 Å². The highest BCUT2D eigenvalue weighted by Gasteiger charge is 2.49. The number of nitrogens with one attached hydrogen (secondary N) is 3. The molecule has 8 nitrogen and oxygen atoms in total. The van der Waals surface area contributed by atoms with Gasteiger partial charge in [0.25, 0.3) is 5.91 Å². The number of amides is 4. The molecule has 1 saturated heterocycles. The lowest BCUT2D eigenvalue weighted by molar-refractivity contribution is -0.134. The molecule has 3 rings (SSSR count). The van der Waals surface area contributed by atoms with Gasteiger partial charge in [-0.15, -0.1) is 0 Å². The van der Waals surface area contributed by atoms with Crippen LogP contribution in [0, 0.1) is 0 Å². The molecule has 3 N–H and O–H groups in total. The second-order valence-electron chi connectivity index (χ2n) is 6.77. The lowest BCUT2D eigenvalue weighted by Gasteiger charge is -2.22. The van der Waals surface area contributed by atoms with E-state index in [0.29, 0.717) is 17.9 Å². The number of ether oxygens (including phenoxy) is 1. The molecular formula is C19H24N4O4. The standard InChI is InChI=1S/C19H24N4O4/c1-19(14-3-5-15(27-2)6-4-14)17(25)23(18(26)22-19)12-16(24)21-11-13-7-9-20-10-8-13/h3-7,20H,8-12H2,1-2H3,(H,21,24)(H,22,26). The Kier molecular flexibility index (Phi) is 5.46. The van der Waals surface area contributed by atoms with Crippen molar-refractivity contribution in [1.82, 2.24) is 20.9 Å². The minimum absolute atomic E-state index is 0.304. The molecule has 0 aromatic heterocycles. The normalized spacial score (nSPS) is 22.3. The molecule has 1 atom stereocenters. The molecule has 0 bridgehead atoms. The number of urea groups is 1. The number of methoxy groups -OCH3 is 1. The van der Waals surface area contributed by atoms with Gasteiger partial charge in [-0.05, 0) is 37.6 Å². The Hall–Kier alpha value is -2.87. The summed E-state index contributed by atoms with van der Waals surface area (Å²) >= 11 is 0. The number of carbonyl (C=O) groups is 3. The molecule has 4 amide bonds. The van der Waals surface area contributed by atoms with Crippen LogP contribution >= 0.6 is 0 Å². The molecule has 0 saturated carbocycles. The maximum Gasteiger partial charge on any atom is 0.325 e. The predicted molar refractivity (Wildman–Crippen MR) is 99.2 cm³/mol. The second kappa shape index (κ2) is 7.79. The number of nitrogens with zero attached hydrogens (tertiary/aromatic N) is 1. The van der Waals surface area contributed by atoms with E-state index in [-0.39, 0.29) is 12.5 Å². The van der Waals surface area contributed by atoms with Crippen molar-refractivity contribution in [3.63, 3.8) is 0 Å². The van der Waals surface area contributed by atoms with Crippen LogP contribution in [0.5, 0.6) is 5.75 Å². The number of hydrogen-bond acceptors (Lipinski definition) is 5. The van der Waals surface area contributed by atoms with Gasteiger partial charge in [0.05, 0.1) is 7.11 Å². The smallest absolute Gasteiger partial charge is 0.325 e. The van der Waals surface area contributed by atoms with Gasteiger partial charge in [0.15, 0.2) is 0 Å². The molecule has 8 heteroatoms. The first-order valence-corrected chi connectivity index (χ1v) is 8.88. The summed E-state index contributed by atoms with van der Waals surface area (Å²) < 4.78 is 5.12. The lowest BCUT2D eigenvalue weighted by atomic mass is 9.92. The molecule has 1 unspecified atom stereocenters. The molecule has 2 aliphatic rings. The van der Waals surface area contributed by atoms with Crippen molar-refractivity contribution in [3.8, 4) is 5.75 Å². The van der Waals surface area contributed by atoms with Gasteiger partial charge < -0.3 is 20.7 Å². The van der Waals surface area contributed by atoms with Crippen molar-refractivity contribution < 1.29 is 19.1 Å². The molecular weight excluding hydrogens is 348 g/mol. The third kappa shape index (κ3) is 3.95. The number of hydrogen-bond donors (Lipinski definition) is 3. The maximum absolute atomic E-state index is 12.8. The van der Waals surface area contributed by atoms with E-state index in [0.717, 1.165) is 30.0 Å². The fourth-order valence-electron chi connectivity index (χ4n) is 3.20. The number of imide groups is 1. The van der Waals surface area contributed by atoms with Crippen molar-refractivity contribution in [2.24, 2.45) is 0 Å². The largest absolute Gasteiger partial charge is 0.497 e. The van der Waals surface area contributed by atoms with E-state index < -0.39 is 17.5 Å². The summed E-state index contributed by atoms with van der Waals surface area (Å²) in [6.45, 7) is 3.43. The van der Waals surface area contributed by atoms with E-state index >= 15 is 0 Å². The average Bonchev–Trinajstić information content (AvgIpc) is 2.91. The Morgan fingerprint density at radius 2 is 2.04 bits per heavy atom. The molecule has 2 heterocycles. The van der Waals surface area contributed by atoms with Crippen LogP contribution in [-0.4, -0.2) is 56.0 Å². The molecule has 0 aliphatic carbocycles. The fraction of sp³-hybridized carbons (Fsp3) is 0.421. The van der Waals surface area contributed by atoms with E-state index in [4.69, 9.17) is 4.74 Å². The van der Waals surface area contributed by atoms with E-state index in [1.165, 1.54) is 0 Å². The fourth-order valence-corrected chi connectivity index (χ4v) is 3.20. The Morgan fingerprint density at radius 3 is 2.67 bits per heavy atom. The van der Waals surface area contributed by atoms with Gasteiger partial charge >= 0.3 is 6.03 Å². The highest BCUT2D eigenvalue weighted by atomic mass is 16.5. The lowest BCUT2D eigenvalue weighted by Crippen LogP contribution is -2.43. The zero-order valence-electron chi connectivity index (χ0n) is 15.5. The molecule has 1 aromatic carbocycles. The molecule has 1 aromatic rings. The van der Waals surface area contributed by atoms with Crippen LogP contribution in [0.4, 0.5) is 4.79 Å². The zero-order valence-corrected chi connectivity index (χ0v) is 15.5. The van der Waals surface area contributed by atoms with E-state index in [9.17, 15) is 14.4 Å². The van der Waals surface area contributed by atoms with Gasteiger partial charge in [0.2, 0.25) is 5.91 Å². The first-order chi connectivity index (χ1) is 12.9. The van der Waals surface area contributed by atoms with Crippen LogP contribution in [0.15, 0.2) is 35.9 Å². The molecule has 2 aliphatic heterocycles. The molecule has 144 valence electrons. The summed E-state index contributed by atoms with van der Waals surface area (Å²) in [4.78, 5) is 38.3. The van der Waals surface area contributed by atoms with Crippen molar-refractivity contribution in [2.75, 3.05) is 33.3 Å². The summed E-state index contributed by atoms with van der Waals surface area (Å²) in [5.74, 6) is -0.159. The summed E-state index contributed by atoms with van der Waals surface area (Å²) in [5, 5.41) is 8.67. The van der Waals surface area contributed by atoms with Crippen molar-refractivity contribution >= 4 is 17.8 Å². The predicted octanol–water partition coefficient (Wildman–Crippen LogP) is 0.498. The highest BCUT2D eigenvalue weighted by molar-refractivity contribution is 6.09. The van der Waals surface area contributed by atoms with E-state index in [2.05, 4.69) is 16.0 Å². The third-order valence-corrected chi connectivity index (χ3v) is 4.91. The van der Waals surface area contributed by atoms with Gasteiger partial charge in [-0.1, -0.05) is 23.8 Å². The van der Waals surface area contributed by atoms with Crippen LogP contribution in [0.3, 0.4) is 0 Å². The zero-order chi connectivity index (χ0) is 19.4. The summed E-state index contributed by atoms with van der Waals surface area (Å²) in [7, 11) is 1.56. The number of rotatable bonds is 6. The number of benzene rings is 1. The second-order valence-corrected chi connectivity index (χ2v) is 6.77. The Balaban J connectivity index is 1.64. The SMILES string of the molecule is COc1ccc(C2(C)NC(=O)N(CC(=O)NCC3=CCNCC3)C2=O)cc1. The van der Waals surface area contributed by atoms with Gasteiger partial charge in [0.1, 0.15) is 17.8 Å². The van der Waals surface area contributed by atoms with Crippen LogP contribution in [0.2, 0.25) is 0 Å². The Labute approximate surface area is 157 Å². The van der Waals surface area contributed by atoms with Crippen molar-refractivity contribution in [3.05, 3.63) is 41.5 Å². The molecule has 0 radical (unpaired) electrons. The maximum atomic E-state index is 12.8. The summed E-state index contributed by atoms with van der Waals surface area (Å²) in [5.41, 5.74) is 0.563. The summed E-state index contributed by atoms with van der Waals surface area (Å²) in [6.07, 6.45) is 2.91. The topological polar surface area (TPSA) is 99.8 Å². The van der Waals surface area contributed by atoms with E-state index in [1.54, 1.807) is 38.3 Å². The highest BCUT2D eigenvalue weighted by Crippen LogP contribution is 2.29. The average molecular weight is 372 g/mol. The molecule has 27 heavy (non-hydrogen) atoms. The van der Waals surface area contributed by atoms with Crippen molar-refractivity contribution in [1.29, 1.82) is 0 Å². The van der Waals surface area contributed by atoms with Gasteiger partial charge in [0, 0.05) is 13.1 Å². The first-order valence-electron chi connectivity index (χ1n) is 8.88. The Bertz CT molecular complexity index is 774. The first kappa shape index (κ1) is 18.9. The minimum Gasteiger partial charge on any atom is -0.497 e. The van der Waals surface area contributed by atoms with Crippen molar-refractivity contribution in [2.45, 2.75) is 18.9 Å². The third-order valence-electron chi connectivity index (χ3n) is 4.91. The summed E-state index contributed by atoms with van der Waals surface area (Å²) in [6, 6.07) is 6.33. The van der Waals surface area contributed by atoms with Gasteiger partial charge in [-0.25, -0.2) is 4.79 Å². The van der Waals surface area contributed by atoms with Gasteiger partial charge in [-0.2, -0.15) is 0 Å². The molecule has 0 spiro atoms.